The van der Waals surface area contributed by atoms with Crippen molar-refractivity contribution in [2.45, 2.75) is 38.0 Å². The lowest BCUT2D eigenvalue weighted by molar-refractivity contribution is 0.0163. The zero-order valence-corrected chi connectivity index (χ0v) is 13.0. The monoisotopic (exact) mass is 317 g/mol. The van der Waals surface area contributed by atoms with Crippen molar-refractivity contribution in [2.24, 2.45) is 0 Å². The van der Waals surface area contributed by atoms with Crippen LogP contribution < -0.4 is 4.74 Å². The van der Waals surface area contributed by atoms with E-state index >= 15 is 0 Å². The number of rotatable bonds is 4. The van der Waals surface area contributed by atoms with Gasteiger partial charge in [-0.1, -0.05) is 0 Å². The molecule has 0 radical (unpaired) electrons. The van der Waals surface area contributed by atoms with Gasteiger partial charge in [0.05, 0.1) is 12.2 Å². The smallest absolute Gasteiger partial charge is 0.275 e. The molecular weight excluding hydrogens is 298 g/mol. The molecule has 0 aliphatic heterocycles. The summed E-state index contributed by atoms with van der Waals surface area (Å²) in [5, 5.41) is 10.5. The number of ether oxygens (including phenoxy) is 1. The number of hydrogen-bond acceptors (Lipinski definition) is 6. The number of oxazole rings is 1. The number of aromatic nitrogens is 2. The standard InChI is InChI=1S/C16H19N3O4/c1-10-18-12(9-22-10)16(21)19(2)13-5-6-14(15(13)20)23-11-4-3-7-17-8-11/h3-4,7-9,13-15,20H,5-6H2,1-2H3/t13-,14-,15-/m1/s1. The molecule has 3 atom stereocenters. The third kappa shape index (κ3) is 3.19. The van der Waals surface area contributed by atoms with E-state index in [9.17, 15) is 9.90 Å². The first-order valence-corrected chi connectivity index (χ1v) is 7.50. The van der Waals surface area contributed by atoms with Crippen LogP contribution in [0.5, 0.6) is 5.75 Å². The van der Waals surface area contributed by atoms with Gasteiger partial charge in [0, 0.05) is 20.2 Å². The van der Waals surface area contributed by atoms with Crippen LogP contribution in [0, 0.1) is 6.92 Å². The van der Waals surface area contributed by atoms with E-state index in [4.69, 9.17) is 9.15 Å². The van der Waals surface area contributed by atoms with Crippen molar-refractivity contribution in [2.75, 3.05) is 7.05 Å². The number of pyridine rings is 1. The minimum absolute atomic E-state index is 0.244. The first kappa shape index (κ1) is 15.5. The average molecular weight is 317 g/mol. The van der Waals surface area contributed by atoms with Crippen LogP contribution >= 0.6 is 0 Å². The summed E-state index contributed by atoms with van der Waals surface area (Å²) in [5.74, 6) is 0.776. The van der Waals surface area contributed by atoms with Crippen LogP contribution in [0.25, 0.3) is 0 Å². The number of nitrogens with zero attached hydrogens (tertiary/aromatic N) is 3. The number of carbonyl (C=O) groups is 1. The van der Waals surface area contributed by atoms with Gasteiger partial charge in [0.25, 0.3) is 5.91 Å². The van der Waals surface area contributed by atoms with Crippen LogP contribution in [0.3, 0.4) is 0 Å². The van der Waals surface area contributed by atoms with Gasteiger partial charge in [-0.05, 0) is 25.0 Å². The topological polar surface area (TPSA) is 88.7 Å². The van der Waals surface area contributed by atoms with Crippen molar-refractivity contribution in [1.29, 1.82) is 0 Å². The Hall–Kier alpha value is -2.41. The summed E-state index contributed by atoms with van der Waals surface area (Å²) < 4.78 is 10.8. The average Bonchev–Trinajstić information content (AvgIpc) is 3.14. The van der Waals surface area contributed by atoms with Gasteiger partial charge in [-0.3, -0.25) is 9.78 Å². The van der Waals surface area contributed by atoms with Gasteiger partial charge < -0.3 is 19.2 Å². The van der Waals surface area contributed by atoms with E-state index in [0.29, 0.717) is 24.5 Å². The van der Waals surface area contributed by atoms with Crippen molar-refractivity contribution in [3.63, 3.8) is 0 Å². The first-order valence-electron chi connectivity index (χ1n) is 7.50. The van der Waals surface area contributed by atoms with Crippen LogP contribution in [0.1, 0.15) is 29.2 Å². The Bertz CT molecular complexity index is 673. The summed E-state index contributed by atoms with van der Waals surface area (Å²) >= 11 is 0. The first-order chi connectivity index (χ1) is 11.1. The quantitative estimate of drug-likeness (QED) is 0.917. The van der Waals surface area contributed by atoms with E-state index in [1.54, 1.807) is 38.5 Å². The van der Waals surface area contributed by atoms with E-state index < -0.39 is 6.10 Å². The van der Waals surface area contributed by atoms with Gasteiger partial charge in [0.2, 0.25) is 0 Å². The van der Waals surface area contributed by atoms with Crippen LogP contribution in [0.15, 0.2) is 35.2 Å². The second kappa shape index (κ2) is 6.37. The molecule has 1 aliphatic rings. The molecule has 2 aromatic rings. The Balaban J connectivity index is 1.66. The Morgan fingerprint density at radius 1 is 1.48 bits per heavy atom. The Morgan fingerprint density at radius 3 is 2.96 bits per heavy atom. The molecule has 23 heavy (non-hydrogen) atoms. The normalized spacial score (nSPS) is 23.7. The van der Waals surface area contributed by atoms with Crippen LogP contribution in [0.4, 0.5) is 0 Å². The fourth-order valence-corrected chi connectivity index (χ4v) is 2.86. The molecule has 1 saturated carbocycles. The number of aliphatic hydroxyl groups excluding tert-OH is 1. The maximum atomic E-state index is 12.4. The van der Waals surface area contributed by atoms with Crippen molar-refractivity contribution >= 4 is 5.91 Å². The molecule has 0 spiro atoms. The largest absolute Gasteiger partial charge is 0.486 e. The van der Waals surface area contributed by atoms with E-state index in [-0.39, 0.29) is 23.7 Å². The third-order valence-electron chi connectivity index (χ3n) is 4.10. The molecule has 1 fully saturated rings. The fraction of sp³-hybridized carbons (Fsp3) is 0.438. The maximum Gasteiger partial charge on any atom is 0.275 e. The molecule has 122 valence electrons. The SMILES string of the molecule is Cc1nc(C(=O)N(C)[C@@H]2CC[C@@H](Oc3cccnc3)[C@@H]2O)co1. The molecule has 0 aromatic carbocycles. The van der Waals surface area contributed by atoms with Crippen LogP contribution in [-0.4, -0.2) is 51.2 Å². The summed E-state index contributed by atoms with van der Waals surface area (Å²) in [4.78, 5) is 21.9. The Morgan fingerprint density at radius 2 is 2.30 bits per heavy atom. The molecule has 3 rings (SSSR count). The highest BCUT2D eigenvalue weighted by atomic mass is 16.5. The van der Waals surface area contributed by atoms with Crippen molar-refractivity contribution in [3.05, 3.63) is 42.4 Å². The van der Waals surface area contributed by atoms with E-state index in [2.05, 4.69) is 9.97 Å². The van der Waals surface area contributed by atoms with Crippen molar-refractivity contribution < 1.29 is 19.1 Å². The zero-order chi connectivity index (χ0) is 16.4. The van der Waals surface area contributed by atoms with Crippen LogP contribution in [0.2, 0.25) is 0 Å². The van der Waals surface area contributed by atoms with Gasteiger partial charge in [0.15, 0.2) is 11.6 Å². The predicted molar refractivity (Wildman–Crippen MR) is 81.0 cm³/mol. The Labute approximate surface area is 133 Å². The Kier molecular flexibility index (Phi) is 4.29. The molecule has 7 heteroatoms. The van der Waals surface area contributed by atoms with E-state index in [0.717, 1.165) is 0 Å². The van der Waals surface area contributed by atoms with E-state index in [1.807, 2.05) is 0 Å². The highest BCUT2D eigenvalue weighted by molar-refractivity contribution is 5.92. The van der Waals surface area contributed by atoms with E-state index in [1.165, 1.54) is 11.2 Å². The minimum Gasteiger partial charge on any atom is -0.486 e. The molecule has 1 N–H and O–H groups in total. The summed E-state index contributed by atoms with van der Waals surface area (Å²) in [6.45, 7) is 1.68. The summed E-state index contributed by atoms with van der Waals surface area (Å²) in [5.41, 5.74) is 0.244. The number of likely N-dealkylation sites (N-methyl/N-ethyl adjacent to an activating group) is 1. The number of carbonyl (C=O) groups excluding carboxylic acids is 1. The lowest BCUT2D eigenvalue weighted by atomic mass is 10.1. The maximum absolute atomic E-state index is 12.4. The summed E-state index contributed by atoms with van der Waals surface area (Å²) in [7, 11) is 1.66. The fourth-order valence-electron chi connectivity index (χ4n) is 2.86. The highest BCUT2D eigenvalue weighted by Crippen LogP contribution is 2.28. The second-order valence-corrected chi connectivity index (χ2v) is 5.65. The van der Waals surface area contributed by atoms with Gasteiger partial charge >= 0.3 is 0 Å². The van der Waals surface area contributed by atoms with Gasteiger partial charge in [-0.2, -0.15) is 0 Å². The molecule has 0 saturated heterocycles. The summed E-state index contributed by atoms with van der Waals surface area (Å²) in [6, 6.07) is 3.25. The van der Waals surface area contributed by atoms with Crippen molar-refractivity contribution in [3.8, 4) is 5.75 Å². The number of hydrogen-bond donors (Lipinski definition) is 1. The summed E-state index contributed by atoms with van der Waals surface area (Å²) in [6.07, 6.45) is 4.79. The lowest BCUT2D eigenvalue weighted by Crippen LogP contribution is -2.45. The molecule has 1 amide bonds. The zero-order valence-electron chi connectivity index (χ0n) is 13.0. The van der Waals surface area contributed by atoms with Gasteiger partial charge in [-0.15, -0.1) is 0 Å². The third-order valence-corrected chi connectivity index (χ3v) is 4.10. The predicted octanol–water partition coefficient (Wildman–Crippen LogP) is 1.42. The van der Waals surface area contributed by atoms with Crippen LogP contribution in [-0.2, 0) is 0 Å². The molecule has 0 bridgehead atoms. The molecule has 1 aliphatic carbocycles. The van der Waals surface area contributed by atoms with Gasteiger partial charge in [-0.25, -0.2) is 4.98 Å². The minimum atomic E-state index is -0.767. The number of aryl methyl sites for hydroxylation is 1. The van der Waals surface area contributed by atoms with Gasteiger partial charge in [0.1, 0.15) is 24.2 Å². The second-order valence-electron chi connectivity index (χ2n) is 5.65. The molecular formula is C16H19N3O4. The highest BCUT2D eigenvalue weighted by Gasteiger charge is 2.40. The molecule has 0 unspecified atom stereocenters. The lowest BCUT2D eigenvalue weighted by Gasteiger charge is -2.28. The number of aliphatic hydroxyl groups is 1. The number of amides is 1. The molecule has 2 aromatic heterocycles. The van der Waals surface area contributed by atoms with Crippen molar-refractivity contribution in [1.82, 2.24) is 14.9 Å². The molecule has 7 nitrogen and oxygen atoms in total. The molecule has 2 heterocycles.